The quantitative estimate of drug-likeness (QED) is 0.552. The normalized spacial score (nSPS) is 26.8. The molecule has 2 aliphatic carbocycles. The first kappa shape index (κ1) is 24.5. The molecule has 2 aromatic carbocycles. The van der Waals surface area contributed by atoms with E-state index in [0.717, 1.165) is 29.5 Å². The van der Waals surface area contributed by atoms with Crippen molar-refractivity contribution in [3.8, 4) is 11.1 Å². The molecule has 0 radical (unpaired) electrons. The van der Waals surface area contributed by atoms with Crippen molar-refractivity contribution in [2.75, 3.05) is 25.1 Å². The van der Waals surface area contributed by atoms with E-state index in [1.165, 1.54) is 43.4 Å². The highest BCUT2D eigenvalue weighted by molar-refractivity contribution is 5.88. The van der Waals surface area contributed by atoms with Crippen LogP contribution in [0, 0.1) is 11.3 Å². The first-order chi connectivity index (χ1) is 17.9. The number of hydrogen-bond donors (Lipinski definition) is 2. The number of carbonyl (C=O) groups excluding carboxylic acids is 1. The molecule has 4 aliphatic rings. The lowest BCUT2D eigenvalue weighted by Crippen LogP contribution is -2.42. The number of rotatable bonds is 5. The molecule has 0 bridgehead atoms. The van der Waals surface area contributed by atoms with E-state index in [-0.39, 0.29) is 11.3 Å². The van der Waals surface area contributed by atoms with Gasteiger partial charge in [-0.3, -0.25) is 9.59 Å². The standard InChI is InChI=1S/C31H39N3O3/c1-3-27(35)34-17-15-30(16-18-34)20-31(30,29(36)37)24-12-9-21(10-13-24)23-11-14-25-26(19-23)33(2)32-28(25)22-7-5-4-6-8-22/h9-14,19,22,28,32H,3-8,15-18,20H2,1-2H3,(H,36,37)/t28?,31-/m0/s1. The Hall–Kier alpha value is -2.86. The summed E-state index contributed by atoms with van der Waals surface area (Å²) in [6, 6.07) is 15.4. The number of amides is 1. The molecule has 1 spiro atoms. The molecule has 196 valence electrons. The molecule has 2 aliphatic heterocycles. The van der Waals surface area contributed by atoms with Crippen LogP contribution in [0.5, 0.6) is 0 Å². The van der Waals surface area contributed by atoms with Crippen molar-refractivity contribution in [3.63, 3.8) is 0 Å². The van der Waals surface area contributed by atoms with Crippen LogP contribution in [0.25, 0.3) is 11.1 Å². The third-order valence-corrected chi connectivity index (χ3v) is 10.0. The van der Waals surface area contributed by atoms with Gasteiger partial charge in [-0.2, -0.15) is 0 Å². The van der Waals surface area contributed by atoms with Gasteiger partial charge in [0.15, 0.2) is 0 Å². The molecule has 6 nitrogen and oxygen atoms in total. The third kappa shape index (κ3) is 3.87. The number of carboxylic acid groups (broad SMARTS) is 1. The van der Waals surface area contributed by atoms with Gasteiger partial charge in [-0.05, 0) is 71.8 Å². The summed E-state index contributed by atoms with van der Waals surface area (Å²) in [6.07, 6.45) is 9.33. The molecule has 37 heavy (non-hydrogen) atoms. The van der Waals surface area contributed by atoms with Crippen LogP contribution in [0.1, 0.15) is 81.9 Å². The Morgan fingerprint density at radius 2 is 1.68 bits per heavy atom. The lowest BCUT2D eigenvalue weighted by atomic mass is 9.79. The number of hydrogen-bond acceptors (Lipinski definition) is 4. The number of carboxylic acids is 1. The zero-order valence-corrected chi connectivity index (χ0v) is 22.1. The van der Waals surface area contributed by atoms with Crippen LogP contribution >= 0.6 is 0 Å². The van der Waals surface area contributed by atoms with Crippen molar-refractivity contribution in [2.24, 2.45) is 11.3 Å². The molecule has 2 saturated carbocycles. The summed E-state index contributed by atoms with van der Waals surface area (Å²) in [5.41, 5.74) is 8.45. The summed E-state index contributed by atoms with van der Waals surface area (Å²) in [4.78, 5) is 26.6. The van der Waals surface area contributed by atoms with E-state index in [9.17, 15) is 14.7 Å². The first-order valence-electron chi connectivity index (χ1n) is 14.1. The zero-order valence-electron chi connectivity index (χ0n) is 22.1. The van der Waals surface area contributed by atoms with Crippen LogP contribution in [0.3, 0.4) is 0 Å². The number of fused-ring (bicyclic) bond motifs is 1. The lowest BCUT2D eigenvalue weighted by Gasteiger charge is -2.34. The number of carbonyl (C=O) groups is 2. The number of anilines is 1. The molecule has 3 fully saturated rings. The topological polar surface area (TPSA) is 72.9 Å². The molecule has 6 rings (SSSR count). The van der Waals surface area contributed by atoms with Gasteiger partial charge in [0.2, 0.25) is 5.91 Å². The molecule has 6 heteroatoms. The van der Waals surface area contributed by atoms with Crippen LogP contribution in [-0.2, 0) is 15.0 Å². The fourth-order valence-corrected chi connectivity index (χ4v) is 7.71. The van der Waals surface area contributed by atoms with Gasteiger partial charge in [-0.15, -0.1) is 0 Å². The van der Waals surface area contributed by atoms with Crippen molar-refractivity contribution < 1.29 is 14.7 Å². The Balaban J connectivity index is 1.22. The van der Waals surface area contributed by atoms with Crippen LogP contribution in [0.2, 0.25) is 0 Å². The summed E-state index contributed by atoms with van der Waals surface area (Å²) in [5, 5.41) is 12.5. The minimum atomic E-state index is -0.831. The van der Waals surface area contributed by atoms with Crippen molar-refractivity contribution in [1.29, 1.82) is 0 Å². The van der Waals surface area contributed by atoms with Gasteiger partial charge in [0, 0.05) is 26.6 Å². The molecule has 0 aromatic heterocycles. The maximum absolute atomic E-state index is 12.6. The monoisotopic (exact) mass is 501 g/mol. The number of hydrazine groups is 1. The van der Waals surface area contributed by atoms with Crippen LogP contribution < -0.4 is 10.4 Å². The van der Waals surface area contributed by atoms with Gasteiger partial charge in [0.25, 0.3) is 0 Å². The van der Waals surface area contributed by atoms with Gasteiger partial charge < -0.3 is 15.0 Å². The Bertz CT molecular complexity index is 1190. The van der Waals surface area contributed by atoms with Gasteiger partial charge >= 0.3 is 5.97 Å². The highest BCUT2D eigenvalue weighted by atomic mass is 16.4. The number of aliphatic carboxylic acids is 1. The molecule has 1 unspecified atom stereocenters. The Labute approximate surface area is 220 Å². The maximum atomic E-state index is 12.6. The van der Waals surface area contributed by atoms with Crippen LogP contribution in [-0.4, -0.2) is 42.0 Å². The first-order valence-corrected chi connectivity index (χ1v) is 14.1. The second-order valence-electron chi connectivity index (χ2n) is 11.8. The van der Waals surface area contributed by atoms with Crippen LogP contribution in [0.4, 0.5) is 5.69 Å². The van der Waals surface area contributed by atoms with E-state index in [0.29, 0.717) is 37.9 Å². The second kappa shape index (κ2) is 9.16. The zero-order chi connectivity index (χ0) is 25.8. The Morgan fingerprint density at radius 1 is 1.00 bits per heavy atom. The number of nitrogens with zero attached hydrogens (tertiary/aromatic N) is 2. The van der Waals surface area contributed by atoms with E-state index >= 15 is 0 Å². The minimum Gasteiger partial charge on any atom is -0.481 e. The average Bonchev–Trinajstić information content (AvgIpc) is 3.47. The number of nitrogens with one attached hydrogen (secondary N) is 1. The van der Waals surface area contributed by atoms with E-state index in [4.69, 9.17) is 0 Å². The van der Waals surface area contributed by atoms with Gasteiger partial charge in [0.05, 0.1) is 17.1 Å². The van der Waals surface area contributed by atoms with E-state index < -0.39 is 11.4 Å². The van der Waals surface area contributed by atoms with Gasteiger partial charge in [-0.25, -0.2) is 5.43 Å². The predicted molar refractivity (Wildman–Crippen MR) is 145 cm³/mol. The fourth-order valence-electron chi connectivity index (χ4n) is 7.71. The molecule has 2 heterocycles. The van der Waals surface area contributed by atoms with Crippen molar-refractivity contribution in [2.45, 2.75) is 76.2 Å². The molecule has 1 amide bonds. The van der Waals surface area contributed by atoms with Crippen molar-refractivity contribution in [1.82, 2.24) is 10.3 Å². The number of piperidine rings is 1. The lowest BCUT2D eigenvalue weighted by molar-refractivity contribution is -0.141. The number of likely N-dealkylation sites (tertiary alicyclic amines) is 1. The summed E-state index contributed by atoms with van der Waals surface area (Å²) >= 11 is 0. The summed E-state index contributed by atoms with van der Waals surface area (Å²) in [7, 11) is 2.11. The van der Waals surface area contributed by atoms with E-state index in [1.54, 1.807) is 0 Å². The highest BCUT2D eigenvalue weighted by Crippen LogP contribution is 2.69. The van der Waals surface area contributed by atoms with E-state index in [2.05, 4.69) is 47.8 Å². The summed E-state index contributed by atoms with van der Waals surface area (Å²) in [6.45, 7) is 3.22. The summed E-state index contributed by atoms with van der Waals surface area (Å²) < 4.78 is 0. The van der Waals surface area contributed by atoms with Crippen LogP contribution in [0.15, 0.2) is 42.5 Å². The SMILES string of the molecule is CCC(=O)N1CCC2(CC1)C[C@@]2(C(=O)O)c1ccc(-c2ccc3c(c2)N(C)NC3C2CCCCC2)cc1. The van der Waals surface area contributed by atoms with Crippen molar-refractivity contribution >= 4 is 17.6 Å². The van der Waals surface area contributed by atoms with Gasteiger partial charge in [0.1, 0.15) is 0 Å². The molecule has 2 atom stereocenters. The highest BCUT2D eigenvalue weighted by Gasteiger charge is 2.72. The van der Waals surface area contributed by atoms with E-state index in [1.807, 2.05) is 24.0 Å². The number of benzene rings is 2. The third-order valence-electron chi connectivity index (χ3n) is 10.0. The fraction of sp³-hybridized carbons (Fsp3) is 0.548. The van der Waals surface area contributed by atoms with Gasteiger partial charge in [-0.1, -0.05) is 62.6 Å². The Morgan fingerprint density at radius 3 is 2.32 bits per heavy atom. The predicted octanol–water partition coefficient (Wildman–Crippen LogP) is 5.67. The Kier molecular flexibility index (Phi) is 6.06. The largest absolute Gasteiger partial charge is 0.481 e. The van der Waals surface area contributed by atoms with Crippen molar-refractivity contribution in [3.05, 3.63) is 53.6 Å². The molecular weight excluding hydrogens is 462 g/mol. The summed E-state index contributed by atoms with van der Waals surface area (Å²) in [5.74, 6) is 0.142. The molecular formula is C31H39N3O3. The molecule has 2 aromatic rings. The smallest absolute Gasteiger partial charge is 0.314 e. The maximum Gasteiger partial charge on any atom is 0.314 e. The average molecular weight is 502 g/mol. The minimum absolute atomic E-state index is 0.168. The second-order valence-corrected chi connectivity index (χ2v) is 11.8. The molecule has 2 N–H and O–H groups in total. The molecule has 1 saturated heterocycles.